The molecule has 0 bridgehead atoms. The molecule has 1 aliphatic carbocycles. The molecule has 1 saturated heterocycles. The molecule has 7 heteroatoms. The first-order valence-electron chi connectivity index (χ1n) is 10.2. The highest BCUT2D eigenvalue weighted by Gasteiger charge is 2.35. The van der Waals surface area contributed by atoms with Gasteiger partial charge in [-0.15, -0.1) is 5.10 Å². The van der Waals surface area contributed by atoms with Gasteiger partial charge in [-0.3, -0.25) is 14.9 Å². The van der Waals surface area contributed by atoms with Crippen LogP contribution >= 0.6 is 0 Å². The predicted octanol–water partition coefficient (Wildman–Crippen LogP) is 3.89. The van der Waals surface area contributed by atoms with Crippen molar-refractivity contribution in [2.45, 2.75) is 57.3 Å². The number of carbonyl (C=O) groups is 2. The lowest BCUT2D eigenvalue weighted by Gasteiger charge is -2.20. The van der Waals surface area contributed by atoms with Crippen molar-refractivity contribution < 1.29 is 14.0 Å². The number of benzene rings is 1. The number of carbonyl (C=O) groups excluding carboxylic acids is 2. The summed E-state index contributed by atoms with van der Waals surface area (Å²) in [6.07, 6.45) is 8.04. The minimum Gasteiger partial charge on any atom is -0.407 e. The lowest BCUT2D eigenvalue weighted by atomic mass is 9.86. The average Bonchev–Trinajstić information content (AvgIpc) is 3.34. The molecule has 1 aromatic carbocycles. The van der Waals surface area contributed by atoms with Crippen molar-refractivity contribution in [3.8, 4) is 0 Å². The number of aromatic nitrogens is 2. The summed E-state index contributed by atoms with van der Waals surface area (Å²) in [5.74, 6) is 0.843. The van der Waals surface area contributed by atoms with Crippen LogP contribution in [0, 0.1) is 5.92 Å². The van der Waals surface area contributed by atoms with Crippen LogP contribution < -0.4 is 10.2 Å². The van der Waals surface area contributed by atoms with Gasteiger partial charge in [-0.25, -0.2) is 0 Å². The van der Waals surface area contributed by atoms with E-state index >= 15 is 0 Å². The second kappa shape index (κ2) is 8.54. The minimum atomic E-state index is -0.159. The molecular formula is C21H26N4O3. The zero-order valence-electron chi connectivity index (χ0n) is 16.0. The van der Waals surface area contributed by atoms with Crippen LogP contribution in [0.5, 0.6) is 0 Å². The van der Waals surface area contributed by atoms with Crippen LogP contribution in [-0.4, -0.2) is 28.6 Å². The van der Waals surface area contributed by atoms with Gasteiger partial charge in [0, 0.05) is 25.1 Å². The Labute approximate surface area is 164 Å². The second-order valence-electron chi connectivity index (χ2n) is 7.78. The maximum absolute atomic E-state index is 12.3. The summed E-state index contributed by atoms with van der Waals surface area (Å²) >= 11 is 0. The molecule has 1 aromatic heterocycles. The Balaban J connectivity index is 1.30. The number of rotatable bonds is 6. The highest BCUT2D eigenvalue weighted by molar-refractivity contribution is 5.96. The van der Waals surface area contributed by atoms with E-state index in [2.05, 4.69) is 15.5 Å². The predicted molar refractivity (Wildman–Crippen MR) is 105 cm³/mol. The zero-order chi connectivity index (χ0) is 19.3. The van der Waals surface area contributed by atoms with Crippen LogP contribution in [0.1, 0.15) is 63.2 Å². The quantitative estimate of drug-likeness (QED) is 0.819. The fourth-order valence-electron chi connectivity index (χ4n) is 4.17. The molecule has 1 unspecified atom stereocenters. The highest BCUT2D eigenvalue weighted by Crippen LogP contribution is 2.31. The third-order valence-electron chi connectivity index (χ3n) is 5.73. The summed E-state index contributed by atoms with van der Waals surface area (Å²) in [5, 5.41) is 10.7. The smallest absolute Gasteiger partial charge is 0.322 e. The summed E-state index contributed by atoms with van der Waals surface area (Å²) in [7, 11) is 0. The molecule has 1 aliphatic heterocycles. The van der Waals surface area contributed by atoms with Gasteiger partial charge in [0.15, 0.2) is 0 Å². The number of hydrogen-bond donors (Lipinski definition) is 1. The Hall–Kier alpha value is -2.70. The van der Waals surface area contributed by atoms with Crippen molar-refractivity contribution in [3.05, 3.63) is 36.2 Å². The number of nitrogens with one attached hydrogen (secondary N) is 1. The molecule has 2 aliphatic rings. The number of amides is 2. The Bertz CT molecular complexity index is 814. The topological polar surface area (TPSA) is 88.3 Å². The summed E-state index contributed by atoms with van der Waals surface area (Å²) in [5.41, 5.74) is 0.866. The molecule has 4 rings (SSSR count). The van der Waals surface area contributed by atoms with Crippen LogP contribution in [0.25, 0.3) is 0 Å². The molecule has 2 amide bonds. The van der Waals surface area contributed by atoms with Crippen LogP contribution in [-0.2, 0) is 9.59 Å². The third kappa shape index (κ3) is 4.40. The van der Waals surface area contributed by atoms with Gasteiger partial charge in [0.1, 0.15) is 0 Å². The monoisotopic (exact) mass is 382 g/mol. The van der Waals surface area contributed by atoms with E-state index in [1.165, 1.54) is 32.1 Å². The van der Waals surface area contributed by atoms with E-state index in [1.54, 1.807) is 4.90 Å². The van der Waals surface area contributed by atoms with E-state index in [1.807, 2.05) is 30.3 Å². The molecule has 1 atom stereocenters. The van der Waals surface area contributed by atoms with Crippen LogP contribution in [0.4, 0.5) is 11.7 Å². The van der Waals surface area contributed by atoms with E-state index < -0.39 is 0 Å². The first-order chi connectivity index (χ1) is 13.7. The highest BCUT2D eigenvalue weighted by atomic mass is 16.4. The normalized spacial score (nSPS) is 20.5. The maximum atomic E-state index is 12.3. The average molecular weight is 382 g/mol. The first-order valence-corrected chi connectivity index (χ1v) is 10.2. The number of para-hydroxylation sites is 1. The van der Waals surface area contributed by atoms with E-state index in [0.29, 0.717) is 31.2 Å². The summed E-state index contributed by atoms with van der Waals surface area (Å²) in [4.78, 5) is 26.3. The summed E-state index contributed by atoms with van der Waals surface area (Å²) in [6.45, 7) is 0.500. The van der Waals surface area contributed by atoms with Gasteiger partial charge in [-0.2, -0.15) is 0 Å². The van der Waals surface area contributed by atoms with Gasteiger partial charge in [0.2, 0.25) is 17.7 Å². The zero-order valence-corrected chi connectivity index (χ0v) is 16.0. The molecule has 2 fully saturated rings. The van der Waals surface area contributed by atoms with Crippen LogP contribution in [0.2, 0.25) is 0 Å². The SMILES string of the molecule is O=C(CCC1CCCCC1)Nc1nnc(C2CC(=O)N(c3ccccc3)C2)o1. The second-order valence-corrected chi connectivity index (χ2v) is 7.78. The first kappa shape index (κ1) is 18.7. The van der Waals surface area contributed by atoms with Gasteiger partial charge in [-0.1, -0.05) is 55.4 Å². The largest absolute Gasteiger partial charge is 0.407 e. The van der Waals surface area contributed by atoms with Crippen LogP contribution in [0.3, 0.4) is 0 Å². The van der Waals surface area contributed by atoms with Gasteiger partial charge in [-0.05, 0) is 24.5 Å². The summed E-state index contributed by atoms with van der Waals surface area (Å²) < 4.78 is 5.63. The lowest BCUT2D eigenvalue weighted by Crippen LogP contribution is -2.24. The molecule has 148 valence electrons. The van der Waals surface area contributed by atoms with Crippen LogP contribution in [0.15, 0.2) is 34.7 Å². The molecule has 7 nitrogen and oxygen atoms in total. The minimum absolute atomic E-state index is 0.0347. The molecule has 0 radical (unpaired) electrons. The van der Waals surface area contributed by atoms with E-state index in [-0.39, 0.29) is 23.7 Å². The number of anilines is 2. The number of hydrogen-bond acceptors (Lipinski definition) is 5. The molecular weight excluding hydrogens is 356 g/mol. The third-order valence-corrected chi connectivity index (χ3v) is 5.73. The van der Waals surface area contributed by atoms with Crippen molar-refractivity contribution in [1.29, 1.82) is 0 Å². The molecule has 2 aromatic rings. The van der Waals surface area contributed by atoms with E-state index in [0.717, 1.165) is 12.1 Å². The van der Waals surface area contributed by atoms with Gasteiger partial charge >= 0.3 is 6.01 Å². The molecule has 0 spiro atoms. The van der Waals surface area contributed by atoms with Crippen molar-refractivity contribution in [2.75, 3.05) is 16.8 Å². The van der Waals surface area contributed by atoms with Crippen molar-refractivity contribution in [3.63, 3.8) is 0 Å². The fraction of sp³-hybridized carbons (Fsp3) is 0.524. The molecule has 28 heavy (non-hydrogen) atoms. The Kier molecular flexibility index (Phi) is 5.69. The standard InChI is InChI=1S/C21H26N4O3/c26-18(12-11-15-7-3-1-4-8-15)22-21-24-23-20(28-21)16-13-19(27)25(14-16)17-9-5-2-6-10-17/h2,5-6,9-10,15-16H,1,3-4,7-8,11-14H2,(H,22,24,26). The lowest BCUT2D eigenvalue weighted by molar-refractivity contribution is -0.117. The van der Waals surface area contributed by atoms with Gasteiger partial charge in [0.05, 0.1) is 5.92 Å². The Morgan fingerprint density at radius 1 is 1.14 bits per heavy atom. The van der Waals surface area contributed by atoms with Gasteiger partial charge < -0.3 is 9.32 Å². The van der Waals surface area contributed by atoms with E-state index in [4.69, 9.17) is 4.42 Å². The van der Waals surface area contributed by atoms with Crippen molar-refractivity contribution in [1.82, 2.24) is 10.2 Å². The molecule has 2 heterocycles. The fourth-order valence-corrected chi connectivity index (χ4v) is 4.17. The van der Waals surface area contributed by atoms with Crippen molar-refractivity contribution in [2.24, 2.45) is 5.92 Å². The Morgan fingerprint density at radius 2 is 1.93 bits per heavy atom. The Morgan fingerprint density at radius 3 is 2.71 bits per heavy atom. The van der Waals surface area contributed by atoms with Gasteiger partial charge in [0.25, 0.3) is 0 Å². The number of nitrogens with zero attached hydrogens (tertiary/aromatic N) is 3. The van der Waals surface area contributed by atoms with E-state index in [9.17, 15) is 9.59 Å². The summed E-state index contributed by atoms with van der Waals surface area (Å²) in [6, 6.07) is 9.67. The maximum Gasteiger partial charge on any atom is 0.322 e. The van der Waals surface area contributed by atoms with Crippen molar-refractivity contribution >= 4 is 23.5 Å². The molecule has 1 saturated carbocycles. The molecule has 1 N–H and O–H groups in total.